The third kappa shape index (κ3) is 9.41. The lowest BCUT2D eigenvalue weighted by molar-refractivity contribution is -0.276. The van der Waals surface area contributed by atoms with Crippen molar-refractivity contribution in [2.24, 2.45) is 5.92 Å². The zero-order chi connectivity index (χ0) is 34.9. The molecule has 49 heavy (non-hydrogen) atoms. The van der Waals surface area contributed by atoms with Gasteiger partial charge in [0.05, 0.1) is 31.0 Å². The third-order valence-corrected chi connectivity index (χ3v) is 9.38. The van der Waals surface area contributed by atoms with Crippen LogP contribution >= 0.6 is 0 Å². The van der Waals surface area contributed by atoms with Crippen LogP contribution in [0.4, 0.5) is 10.5 Å². The fourth-order valence-electron chi connectivity index (χ4n) is 6.18. The zero-order valence-electron chi connectivity index (χ0n) is 28.5. The number of Topliss-reactive ketones (excluding diaryl/α,β-unsaturated/α-hetero) is 1. The summed E-state index contributed by atoms with van der Waals surface area (Å²) in [7, 11) is 1.98. The number of rotatable bonds is 13. The molecule has 0 spiro atoms. The lowest BCUT2D eigenvalue weighted by atomic mass is 9.89. The number of nitrogens with one attached hydrogen (secondary N) is 2. The number of hydrogen-bond donors (Lipinski definition) is 4. The van der Waals surface area contributed by atoms with E-state index in [2.05, 4.69) is 22.5 Å². The average Bonchev–Trinajstić information content (AvgIpc) is 3.12. The maximum Gasteiger partial charge on any atom is 0.319 e. The summed E-state index contributed by atoms with van der Waals surface area (Å²) in [6.07, 6.45) is -1.63. The maximum absolute atomic E-state index is 13.1. The Hall–Kier alpha value is -4.38. The second-order valence-electron chi connectivity index (χ2n) is 12.9. The molecule has 5 rings (SSSR count). The van der Waals surface area contributed by atoms with Gasteiger partial charge in [0.15, 0.2) is 12.1 Å². The fourth-order valence-corrected chi connectivity index (χ4v) is 6.18. The Labute approximate surface area is 288 Å². The number of ether oxygens (including phenoxy) is 2. The minimum absolute atomic E-state index is 0.0467. The van der Waals surface area contributed by atoms with Crippen molar-refractivity contribution in [3.05, 3.63) is 137 Å². The van der Waals surface area contributed by atoms with E-state index in [1.165, 1.54) is 6.92 Å². The van der Waals surface area contributed by atoms with Crippen LogP contribution in [-0.4, -0.2) is 58.7 Å². The second-order valence-corrected chi connectivity index (χ2v) is 12.9. The van der Waals surface area contributed by atoms with Crippen molar-refractivity contribution in [3.63, 3.8) is 0 Å². The molecule has 1 fully saturated rings. The minimum Gasteiger partial charge on any atom is -0.392 e. The van der Waals surface area contributed by atoms with E-state index < -0.39 is 24.5 Å². The number of likely N-dealkylation sites (N-methyl/N-ethyl adjacent to an activating group) is 1. The number of nitrogens with zero attached hydrogens (tertiary/aromatic N) is 1. The zero-order valence-corrected chi connectivity index (χ0v) is 28.5. The van der Waals surface area contributed by atoms with Gasteiger partial charge in [-0.25, -0.2) is 4.79 Å². The number of urea groups is 1. The first kappa shape index (κ1) is 35.9. The van der Waals surface area contributed by atoms with Crippen molar-refractivity contribution in [1.82, 2.24) is 10.2 Å². The third-order valence-electron chi connectivity index (χ3n) is 9.38. The highest BCUT2D eigenvalue weighted by Crippen LogP contribution is 2.42. The maximum atomic E-state index is 13.1. The molecule has 0 aliphatic carbocycles. The number of aliphatic hydroxyl groups is 2. The van der Waals surface area contributed by atoms with E-state index in [0.717, 1.165) is 27.8 Å². The van der Waals surface area contributed by atoms with E-state index in [1.54, 1.807) is 6.07 Å². The lowest BCUT2D eigenvalue weighted by Crippen LogP contribution is -2.46. The lowest BCUT2D eigenvalue weighted by Gasteiger charge is -2.43. The number of benzene rings is 4. The highest BCUT2D eigenvalue weighted by atomic mass is 16.7. The molecule has 1 saturated heterocycles. The van der Waals surface area contributed by atoms with Crippen molar-refractivity contribution in [1.29, 1.82) is 0 Å². The molecule has 4 aromatic carbocycles. The molecule has 1 aliphatic heterocycles. The van der Waals surface area contributed by atoms with Gasteiger partial charge in [0.2, 0.25) is 0 Å². The fraction of sp³-hybridized carbons (Fsp3) is 0.350. The van der Waals surface area contributed by atoms with Gasteiger partial charge in [0, 0.05) is 29.8 Å². The highest BCUT2D eigenvalue weighted by Gasteiger charge is 2.39. The smallest absolute Gasteiger partial charge is 0.319 e. The van der Waals surface area contributed by atoms with Gasteiger partial charge >= 0.3 is 6.03 Å². The molecule has 1 heterocycles. The van der Waals surface area contributed by atoms with E-state index in [9.17, 15) is 19.8 Å². The van der Waals surface area contributed by atoms with E-state index in [-0.39, 0.29) is 36.6 Å². The van der Waals surface area contributed by atoms with Crippen molar-refractivity contribution >= 4 is 17.5 Å². The molecule has 0 radical (unpaired) electrons. The predicted octanol–water partition coefficient (Wildman–Crippen LogP) is 6.35. The second kappa shape index (κ2) is 16.8. The summed E-state index contributed by atoms with van der Waals surface area (Å²) in [6.45, 7) is 6.06. The van der Waals surface area contributed by atoms with E-state index in [1.807, 2.05) is 117 Å². The first-order chi connectivity index (χ1) is 23.6. The molecule has 0 saturated carbocycles. The van der Waals surface area contributed by atoms with Gasteiger partial charge in [0.25, 0.3) is 0 Å². The van der Waals surface area contributed by atoms with Crippen molar-refractivity contribution in [2.75, 3.05) is 18.9 Å². The van der Waals surface area contributed by atoms with Crippen LogP contribution in [0.1, 0.15) is 67.1 Å². The van der Waals surface area contributed by atoms with Gasteiger partial charge in [-0.05, 0) is 61.7 Å². The Morgan fingerprint density at radius 1 is 0.857 bits per heavy atom. The molecule has 9 heteroatoms. The summed E-state index contributed by atoms with van der Waals surface area (Å²) >= 11 is 0. The van der Waals surface area contributed by atoms with Crippen LogP contribution in [0.2, 0.25) is 0 Å². The summed E-state index contributed by atoms with van der Waals surface area (Å²) in [4.78, 5) is 27.5. The van der Waals surface area contributed by atoms with Gasteiger partial charge in [-0.3, -0.25) is 9.69 Å². The van der Waals surface area contributed by atoms with Gasteiger partial charge < -0.3 is 30.3 Å². The molecule has 2 amide bonds. The van der Waals surface area contributed by atoms with Crippen molar-refractivity contribution in [2.45, 2.75) is 70.5 Å². The molecule has 0 bridgehead atoms. The van der Waals surface area contributed by atoms with E-state index in [0.29, 0.717) is 18.7 Å². The monoisotopic (exact) mass is 665 g/mol. The molecule has 0 aromatic heterocycles. The highest BCUT2D eigenvalue weighted by molar-refractivity contribution is 5.93. The van der Waals surface area contributed by atoms with Gasteiger partial charge in [-0.2, -0.15) is 0 Å². The predicted molar refractivity (Wildman–Crippen MR) is 190 cm³/mol. The van der Waals surface area contributed by atoms with Crippen LogP contribution in [0.15, 0.2) is 109 Å². The molecule has 258 valence electrons. The van der Waals surface area contributed by atoms with E-state index >= 15 is 0 Å². The summed E-state index contributed by atoms with van der Waals surface area (Å²) in [5.41, 5.74) is 4.83. The van der Waals surface area contributed by atoms with Gasteiger partial charge in [-0.1, -0.05) is 104 Å². The summed E-state index contributed by atoms with van der Waals surface area (Å²) in [5.74, 6) is -0.189. The summed E-state index contributed by atoms with van der Waals surface area (Å²) < 4.78 is 13.3. The van der Waals surface area contributed by atoms with Crippen LogP contribution in [0, 0.1) is 5.92 Å². The Bertz CT molecular complexity index is 1650. The molecule has 9 nitrogen and oxygen atoms in total. The summed E-state index contributed by atoms with van der Waals surface area (Å²) in [6, 6.07) is 32.9. The number of carbonyl (C=O) groups is 2. The largest absolute Gasteiger partial charge is 0.392 e. The van der Waals surface area contributed by atoms with Crippen molar-refractivity contribution in [3.8, 4) is 0 Å². The number of hydrogen-bond acceptors (Lipinski definition) is 7. The SMILES string of the molecule is CC(=O)[C@@H](Cc1ccccc1)NC(=O)Nc1cccc(C2O[C@H](CN(C)[C@@H](C)[C@H](O)c3ccccc3)[C@H](C)[C@H](c3ccc(CO)cc3)O2)c1. The first-order valence-electron chi connectivity index (χ1n) is 16.8. The van der Waals surface area contributed by atoms with Crippen LogP contribution in [-0.2, 0) is 27.3 Å². The Morgan fingerprint density at radius 2 is 1.53 bits per heavy atom. The Balaban J connectivity index is 1.33. The molecule has 4 N–H and O–H groups in total. The molecule has 1 unspecified atom stereocenters. The molecular formula is C40H47N3O6. The van der Waals surface area contributed by atoms with Crippen LogP contribution in [0.25, 0.3) is 0 Å². The quantitative estimate of drug-likeness (QED) is 0.131. The van der Waals surface area contributed by atoms with Crippen LogP contribution < -0.4 is 10.6 Å². The van der Waals surface area contributed by atoms with Crippen molar-refractivity contribution < 1.29 is 29.3 Å². The average molecular weight is 666 g/mol. The minimum atomic E-state index is -0.751. The molecule has 4 aromatic rings. The molecule has 7 atom stereocenters. The van der Waals surface area contributed by atoms with Crippen LogP contribution in [0.5, 0.6) is 0 Å². The van der Waals surface area contributed by atoms with E-state index in [4.69, 9.17) is 9.47 Å². The van der Waals surface area contributed by atoms with Gasteiger partial charge in [0.1, 0.15) is 0 Å². The number of carbonyl (C=O) groups excluding carboxylic acids is 2. The first-order valence-corrected chi connectivity index (χ1v) is 16.8. The number of amides is 2. The number of ketones is 1. The Kier molecular flexibility index (Phi) is 12.3. The normalized spacial score (nSPS) is 21.0. The topological polar surface area (TPSA) is 120 Å². The molecule has 1 aliphatic rings. The molecular weight excluding hydrogens is 618 g/mol. The van der Waals surface area contributed by atoms with Gasteiger partial charge in [-0.15, -0.1) is 0 Å². The van der Waals surface area contributed by atoms with Crippen LogP contribution in [0.3, 0.4) is 0 Å². The summed E-state index contributed by atoms with van der Waals surface area (Å²) in [5, 5.41) is 26.4. The Morgan fingerprint density at radius 3 is 2.18 bits per heavy atom. The number of anilines is 1. The standard InChI is InChI=1S/C40H47N3O6/c1-26-36(24-43(4)27(2)37(46)31-14-9-6-10-15-31)48-39(49-38(26)32-20-18-30(25-44)19-21-32)33-16-11-17-34(23-33)41-40(47)42-35(28(3)45)22-29-12-7-5-8-13-29/h5-21,23,26-27,35-39,44,46H,22,24-25H2,1-4H3,(H2,41,42,47)/t26-,27-,35+,36+,37-,38+,39?/m0/s1. The number of aliphatic hydroxyl groups excluding tert-OH is 2.